The van der Waals surface area contributed by atoms with Crippen LogP contribution in [0.5, 0.6) is 11.5 Å². The second-order valence-electron chi connectivity index (χ2n) is 7.36. The molecule has 2 bridgehead atoms. The summed E-state index contributed by atoms with van der Waals surface area (Å²) >= 11 is 0. The first-order chi connectivity index (χ1) is 14.7. The summed E-state index contributed by atoms with van der Waals surface area (Å²) in [5, 5.41) is 14.1. The molecule has 31 heavy (non-hydrogen) atoms. The number of benzene rings is 1. The maximum atomic E-state index is 13.6. The van der Waals surface area contributed by atoms with Gasteiger partial charge in [0.2, 0.25) is 0 Å². The Balaban J connectivity index is 2.00. The molecule has 3 heterocycles. The summed E-state index contributed by atoms with van der Waals surface area (Å²) < 4.78 is 32.4. The SMILES string of the molecule is COP1(=O)Cc2nn(C)c(C#N)c2-c2cnc(N)c(c2)O[C@H](C)c2cc(C)ccc2O1. The van der Waals surface area contributed by atoms with Crippen LogP contribution in [-0.2, 0) is 22.3 Å². The number of hydrogen-bond acceptors (Lipinski definition) is 8. The molecule has 160 valence electrons. The molecule has 1 aliphatic heterocycles. The lowest BCUT2D eigenvalue weighted by molar-refractivity contribution is 0.223. The van der Waals surface area contributed by atoms with E-state index in [0.29, 0.717) is 33.9 Å². The number of rotatable bonds is 1. The van der Waals surface area contributed by atoms with E-state index in [0.717, 1.165) is 5.56 Å². The molecule has 4 rings (SSSR count). The van der Waals surface area contributed by atoms with Crippen molar-refractivity contribution in [2.24, 2.45) is 7.05 Å². The van der Waals surface area contributed by atoms with Gasteiger partial charge in [0.1, 0.15) is 29.8 Å². The highest BCUT2D eigenvalue weighted by Crippen LogP contribution is 2.53. The number of ether oxygens (including phenoxy) is 1. The van der Waals surface area contributed by atoms with Gasteiger partial charge in [0.05, 0.1) is 5.69 Å². The number of hydrogen-bond donors (Lipinski definition) is 1. The minimum absolute atomic E-state index is 0.128. The van der Waals surface area contributed by atoms with Gasteiger partial charge in [-0.1, -0.05) is 11.6 Å². The smallest absolute Gasteiger partial charge is 0.384 e. The largest absolute Gasteiger partial charge is 0.482 e. The van der Waals surface area contributed by atoms with E-state index in [4.69, 9.17) is 19.5 Å². The predicted octanol–water partition coefficient (Wildman–Crippen LogP) is 4.12. The van der Waals surface area contributed by atoms with Crippen LogP contribution in [0, 0.1) is 18.3 Å². The number of nitrogens with two attached hydrogens (primary N) is 1. The van der Waals surface area contributed by atoms with E-state index in [2.05, 4.69) is 16.2 Å². The molecular formula is C21H22N5O4P. The van der Waals surface area contributed by atoms with Gasteiger partial charge >= 0.3 is 7.60 Å². The highest BCUT2D eigenvalue weighted by molar-refractivity contribution is 7.53. The summed E-state index contributed by atoms with van der Waals surface area (Å²) in [6.07, 6.45) is 0.926. The van der Waals surface area contributed by atoms with E-state index in [1.54, 1.807) is 19.2 Å². The zero-order valence-electron chi connectivity index (χ0n) is 17.6. The van der Waals surface area contributed by atoms with Gasteiger partial charge in [0.25, 0.3) is 0 Å². The molecule has 10 heteroatoms. The first kappa shape index (κ1) is 20.9. The molecule has 1 aromatic carbocycles. The van der Waals surface area contributed by atoms with E-state index in [1.165, 1.54) is 18.0 Å². The third-order valence-electron chi connectivity index (χ3n) is 5.16. The van der Waals surface area contributed by atoms with Crippen molar-refractivity contribution in [1.29, 1.82) is 5.26 Å². The van der Waals surface area contributed by atoms with Crippen molar-refractivity contribution < 1.29 is 18.3 Å². The van der Waals surface area contributed by atoms with E-state index in [9.17, 15) is 9.83 Å². The lowest BCUT2D eigenvalue weighted by atomic mass is 10.0. The van der Waals surface area contributed by atoms with Gasteiger partial charge in [0, 0.05) is 37.0 Å². The van der Waals surface area contributed by atoms with Gasteiger partial charge < -0.3 is 19.5 Å². The summed E-state index contributed by atoms with van der Waals surface area (Å²) in [6.45, 7) is 3.78. The molecule has 2 atom stereocenters. The second-order valence-corrected chi connectivity index (χ2v) is 9.44. The predicted molar refractivity (Wildman–Crippen MR) is 115 cm³/mol. The van der Waals surface area contributed by atoms with Gasteiger partial charge in [-0.3, -0.25) is 4.68 Å². The molecule has 1 unspecified atom stereocenters. The van der Waals surface area contributed by atoms with Gasteiger partial charge in [0.15, 0.2) is 11.6 Å². The minimum Gasteiger partial charge on any atom is -0.482 e. The molecular weight excluding hydrogens is 417 g/mol. The first-order valence-corrected chi connectivity index (χ1v) is 11.3. The van der Waals surface area contributed by atoms with E-state index < -0.39 is 13.7 Å². The topological polar surface area (TPSA) is 125 Å². The summed E-state index contributed by atoms with van der Waals surface area (Å²) in [6, 6.07) is 9.36. The standard InChI is InChI=1S/C21H22N5O4P/c1-12-5-6-18-15(7-12)13(2)29-19-8-14(10-24-21(19)23)20-16(11-31(27,28-4)30-18)25-26(3)17(20)9-22/h5-8,10,13H,11H2,1-4H3,(H2,23,24)/t13-,31?/m1/s1. The summed E-state index contributed by atoms with van der Waals surface area (Å²) in [5.74, 6) is 0.963. The van der Waals surface area contributed by atoms with Crippen molar-refractivity contribution >= 4 is 13.4 Å². The molecule has 0 spiro atoms. The number of pyridine rings is 1. The molecule has 9 nitrogen and oxygen atoms in total. The van der Waals surface area contributed by atoms with Gasteiger partial charge in [-0.25, -0.2) is 9.55 Å². The molecule has 1 aliphatic rings. The Morgan fingerprint density at radius 3 is 2.84 bits per heavy atom. The number of aromatic nitrogens is 3. The Morgan fingerprint density at radius 1 is 1.35 bits per heavy atom. The molecule has 0 amide bonds. The Kier molecular flexibility index (Phi) is 5.21. The summed E-state index contributed by atoms with van der Waals surface area (Å²) in [7, 11) is -0.691. The van der Waals surface area contributed by atoms with Gasteiger partial charge in [-0.15, -0.1) is 0 Å². The van der Waals surface area contributed by atoms with Crippen molar-refractivity contribution in [1.82, 2.24) is 14.8 Å². The van der Waals surface area contributed by atoms with Crippen LogP contribution in [0.25, 0.3) is 11.1 Å². The highest BCUT2D eigenvalue weighted by atomic mass is 31.2. The maximum absolute atomic E-state index is 13.6. The second kappa shape index (κ2) is 7.73. The number of nitrogen functional groups attached to an aromatic ring is 1. The number of aryl methyl sites for hydroxylation is 2. The Morgan fingerprint density at radius 2 is 2.13 bits per heavy atom. The molecule has 0 saturated carbocycles. The number of anilines is 1. The number of fused-ring (bicyclic) bond motifs is 5. The molecule has 0 radical (unpaired) electrons. The van der Waals surface area contributed by atoms with Crippen LogP contribution < -0.4 is 15.0 Å². The van der Waals surface area contributed by atoms with Crippen molar-refractivity contribution in [2.45, 2.75) is 26.1 Å². The number of nitriles is 1. The van der Waals surface area contributed by atoms with Crippen molar-refractivity contribution in [2.75, 3.05) is 12.8 Å². The zero-order valence-corrected chi connectivity index (χ0v) is 18.5. The third kappa shape index (κ3) is 3.76. The lowest BCUT2D eigenvalue weighted by Crippen LogP contribution is -2.10. The van der Waals surface area contributed by atoms with Crippen LogP contribution in [0.4, 0.5) is 5.82 Å². The summed E-state index contributed by atoms with van der Waals surface area (Å²) in [5.41, 5.74) is 9.49. The average molecular weight is 439 g/mol. The molecule has 2 aromatic heterocycles. The fourth-order valence-electron chi connectivity index (χ4n) is 3.60. The molecule has 0 saturated heterocycles. The molecule has 0 aliphatic carbocycles. The van der Waals surface area contributed by atoms with Crippen LogP contribution >= 0.6 is 7.60 Å². The van der Waals surface area contributed by atoms with Crippen molar-refractivity contribution in [3.63, 3.8) is 0 Å². The maximum Gasteiger partial charge on any atom is 0.384 e. The fourth-order valence-corrected chi connectivity index (χ4v) is 4.92. The zero-order chi connectivity index (χ0) is 22.3. The van der Waals surface area contributed by atoms with Crippen LogP contribution in [-0.4, -0.2) is 21.9 Å². The highest BCUT2D eigenvalue weighted by Gasteiger charge is 2.33. The molecule has 2 N–H and O–H groups in total. The van der Waals surface area contributed by atoms with Crippen molar-refractivity contribution in [3.05, 3.63) is 53.0 Å². The average Bonchev–Trinajstić information content (AvgIpc) is 3.04. The van der Waals surface area contributed by atoms with Crippen LogP contribution in [0.1, 0.15) is 35.5 Å². The Labute approximate surface area is 179 Å². The Bertz CT molecular complexity index is 1260. The van der Waals surface area contributed by atoms with Gasteiger partial charge in [-0.05, 0) is 32.0 Å². The van der Waals surface area contributed by atoms with E-state index >= 15 is 0 Å². The minimum atomic E-state index is -3.66. The fraction of sp³-hybridized carbons (Fsp3) is 0.286. The third-order valence-corrected chi connectivity index (χ3v) is 6.88. The lowest BCUT2D eigenvalue weighted by Gasteiger charge is -2.24. The summed E-state index contributed by atoms with van der Waals surface area (Å²) in [4.78, 5) is 4.25. The van der Waals surface area contributed by atoms with E-state index in [-0.39, 0.29) is 17.7 Å². The van der Waals surface area contributed by atoms with Crippen LogP contribution in [0.15, 0.2) is 30.5 Å². The van der Waals surface area contributed by atoms with E-state index in [1.807, 2.05) is 26.0 Å². The number of nitrogens with zero attached hydrogens (tertiary/aromatic N) is 4. The first-order valence-electron chi connectivity index (χ1n) is 9.58. The van der Waals surface area contributed by atoms with Gasteiger partial charge in [-0.2, -0.15) is 10.4 Å². The monoisotopic (exact) mass is 439 g/mol. The quantitative estimate of drug-likeness (QED) is 0.562. The molecule has 3 aromatic rings. The Hall–Kier alpha value is -3.34. The normalized spacial score (nSPS) is 20.2. The van der Waals surface area contributed by atoms with Crippen LogP contribution in [0.3, 0.4) is 0 Å². The van der Waals surface area contributed by atoms with Crippen molar-refractivity contribution in [3.8, 4) is 28.7 Å². The molecule has 0 fully saturated rings. The van der Waals surface area contributed by atoms with Crippen LogP contribution in [0.2, 0.25) is 0 Å².